The average molecular weight is 568 g/mol. The number of rotatable bonds is 8. The van der Waals surface area contributed by atoms with E-state index in [1.807, 2.05) is 54.6 Å². The van der Waals surface area contributed by atoms with Crippen LogP contribution in [0, 0.1) is 0 Å². The number of alkyl halides is 6. The molecule has 0 aliphatic carbocycles. The highest BCUT2D eigenvalue weighted by molar-refractivity contribution is 7.80. The Morgan fingerprint density at radius 2 is 1.44 bits per heavy atom. The zero-order valence-corrected chi connectivity index (χ0v) is 21.6. The van der Waals surface area contributed by atoms with Gasteiger partial charge in [-0.25, -0.2) is 0 Å². The summed E-state index contributed by atoms with van der Waals surface area (Å²) in [6, 6.07) is 18.0. The molecule has 39 heavy (non-hydrogen) atoms. The van der Waals surface area contributed by atoms with Crippen LogP contribution in [0.15, 0.2) is 72.8 Å². The van der Waals surface area contributed by atoms with Crippen molar-refractivity contribution in [3.05, 3.63) is 95.1 Å². The third-order valence-corrected chi connectivity index (χ3v) is 6.54. The molecule has 0 amide bonds. The summed E-state index contributed by atoms with van der Waals surface area (Å²) in [4.78, 5) is 2.23. The van der Waals surface area contributed by atoms with Gasteiger partial charge in [0.25, 0.3) is 0 Å². The standard InChI is InChI=1S/C28H27F6N3OS/c29-27(30,31)21-14-22(28(32,33)34)16-23(15-21)35-26(39)36-25(17-37-12-4-5-13-37)20-8-10-24(11-9-20)38-18-19-6-2-1-3-7-19/h1-3,6-11,14-16,25H,4-5,12-13,17-18H2,(H2,35,36,39). The average Bonchev–Trinajstić information content (AvgIpc) is 3.40. The molecule has 4 rings (SSSR count). The molecule has 1 atom stereocenters. The third kappa shape index (κ3) is 8.34. The normalized spacial score (nSPS) is 15.1. The van der Waals surface area contributed by atoms with Crippen molar-refractivity contribution in [3.63, 3.8) is 0 Å². The van der Waals surface area contributed by atoms with Crippen LogP contribution in [0.25, 0.3) is 0 Å². The lowest BCUT2D eigenvalue weighted by Crippen LogP contribution is -2.39. The lowest BCUT2D eigenvalue weighted by atomic mass is 10.1. The minimum atomic E-state index is -4.95. The van der Waals surface area contributed by atoms with Gasteiger partial charge in [-0.15, -0.1) is 0 Å². The van der Waals surface area contributed by atoms with Gasteiger partial charge >= 0.3 is 12.4 Å². The van der Waals surface area contributed by atoms with Gasteiger partial charge in [-0.05, 0) is 79.6 Å². The summed E-state index contributed by atoms with van der Waals surface area (Å²) in [5.41, 5.74) is -1.36. The number of anilines is 1. The van der Waals surface area contributed by atoms with Crippen LogP contribution in [-0.4, -0.2) is 29.6 Å². The summed E-state index contributed by atoms with van der Waals surface area (Å²) in [6.45, 7) is 2.74. The Labute approximate surface area is 228 Å². The molecule has 0 radical (unpaired) electrons. The minimum absolute atomic E-state index is 0.0826. The molecule has 1 heterocycles. The van der Waals surface area contributed by atoms with Gasteiger partial charge < -0.3 is 20.3 Å². The van der Waals surface area contributed by atoms with Crippen molar-refractivity contribution in [3.8, 4) is 5.75 Å². The van der Waals surface area contributed by atoms with Gasteiger partial charge in [0.15, 0.2) is 5.11 Å². The molecule has 0 spiro atoms. The first kappa shape index (κ1) is 28.7. The fourth-order valence-corrected chi connectivity index (χ4v) is 4.61. The fraction of sp³-hybridized carbons (Fsp3) is 0.321. The first-order valence-electron chi connectivity index (χ1n) is 12.3. The second-order valence-electron chi connectivity index (χ2n) is 9.30. The van der Waals surface area contributed by atoms with Crippen molar-refractivity contribution in [1.82, 2.24) is 10.2 Å². The maximum absolute atomic E-state index is 13.3. The SMILES string of the molecule is FC(F)(F)c1cc(NC(=S)NC(CN2CCCC2)c2ccc(OCc3ccccc3)cc2)cc(C(F)(F)F)c1. The van der Waals surface area contributed by atoms with Crippen LogP contribution in [0.2, 0.25) is 0 Å². The highest BCUT2D eigenvalue weighted by Gasteiger charge is 2.37. The monoisotopic (exact) mass is 567 g/mol. The summed E-state index contributed by atoms with van der Waals surface area (Å²) in [7, 11) is 0. The fourth-order valence-electron chi connectivity index (χ4n) is 4.35. The van der Waals surface area contributed by atoms with E-state index < -0.39 is 29.2 Å². The number of hydrogen-bond donors (Lipinski definition) is 2. The number of benzene rings is 3. The summed E-state index contributed by atoms with van der Waals surface area (Å²) in [5.74, 6) is 0.659. The second kappa shape index (κ2) is 12.3. The molecule has 0 saturated carbocycles. The van der Waals surface area contributed by atoms with Gasteiger partial charge in [0.2, 0.25) is 0 Å². The topological polar surface area (TPSA) is 36.5 Å². The highest BCUT2D eigenvalue weighted by atomic mass is 32.1. The predicted molar refractivity (Wildman–Crippen MR) is 141 cm³/mol. The lowest BCUT2D eigenvalue weighted by Gasteiger charge is -2.26. The first-order chi connectivity index (χ1) is 18.5. The Bertz CT molecular complexity index is 1210. The molecular weight excluding hydrogens is 540 g/mol. The summed E-state index contributed by atoms with van der Waals surface area (Å²) < 4.78 is 85.4. The van der Waals surface area contributed by atoms with E-state index in [0.29, 0.717) is 31.0 Å². The third-order valence-electron chi connectivity index (χ3n) is 6.32. The first-order valence-corrected chi connectivity index (χ1v) is 12.7. The molecule has 1 fully saturated rings. The van der Waals surface area contributed by atoms with E-state index in [0.717, 1.165) is 37.1 Å². The molecule has 2 N–H and O–H groups in total. The number of halogens is 6. The smallest absolute Gasteiger partial charge is 0.416 e. The number of nitrogens with one attached hydrogen (secondary N) is 2. The van der Waals surface area contributed by atoms with E-state index in [2.05, 4.69) is 15.5 Å². The Morgan fingerprint density at radius 3 is 2.00 bits per heavy atom. The zero-order valence-electron chi connectivity index (χ0n) is 20.8. The number of ether oxygens (including phenoxy) is 1. The van der Waals surface area contributed by atoms with E-state index in [1.165, 1.54) is 0 Å². The van der Waals surface area contributed by atoms with Crippen molar-refractivity contribution in [2.24, 2.45) is 0 Å². The van der Waals surface area contributed by atoms with E-state index in [4.69, 9.17) is 17.0 Å². The van der Waals surface area contributed by atoms with Crippen molar-refractivity contribution in [2.45, 2.75) is 37.8 Å². The van der Waals surface area contributed by atoms with Crippen LogP contribution in [0.5, 0.6) is 5.75 Å². The zero-order chi connectivity index (χ0) is 28.0. The van der Waals surface area contributed by atoms with Crippen LogP contribution in [0.3, 0.4) is 0 Å². The number of hydrogen-bond acceptors (Lipinski definition) is 3. The molecule has 3 aromatic carbocycles. The van der Waals surface area contributed by atoms with Crippen LogP contribution in [-0.2, 0) is 19.0 Å². The predicted octanol–water partition coefficient (Wildman–Crippen LogP) is 7.43. The molecule has 0 aromatic heterocycles. The van der Waals surface area contributed by atoms with Gasteiger partial charge in [-0.2, -0.15) is 26.3 Å². The number of likely N-dealkylation sites (tertiary alicyclic amines) is 1. The molecule has 4 nitrogen and oxygen atoms in total. The van der Waals surface area contributed by atoms with Gasteiger partial charge in [0, 0.05) is 12.2 Å². The molecule has 208 valence electrons. The summed E-state index contributed by atoms with van der Waals surface area (Å²) in [6.07, 6.45) is -7.80. The molecular formula is C28H27F6N3OS. The second-order valence-corrected chi connectivity index (χ2v) is 9.70. The van der Waals surface area contributed by atoms with Crippen molar-refractivity contribution in [1.29, 1.82) is 0 Å². The number of nitrogens with zero attached hydrogens (tertiary/aromatic N) is 1. The van der Waals surface area contributed by atoms with E-state index in [1.54, 1.807) is 0 Å². The molecule has 1 aliphatic heterocycles. The Morgan fingerprint density at radius 1 is 0.846 bits per heavy atom. The van der Waals surface area contributed by atoms with Crippen LogP contribution in [0.1, 0.15) is 41.1 Å². The molecule has 0 bridgehead atoms. The summed E-state index contributed by atoms with van der Waals surface area (Å²) >= 11 is 5.32. The van der Waals surface area contributed by atoms with E-state index in [-0.39, 0.29) is 17.2 Å². The van der Waals surface area contributed by atoms with Crippen LogP contribution in [0.4, 0.5) is 32.0 Å². The largest absolute Gasteiger partial charge is 0.489 e. The summed E-state index contributed by atoms with van der Waals surface area (Å²) in [5, 5.41) is 5.51. The molecule has 1 unspecified atom stereocenters. The maximum Gasteiger partial charge on any atom is 0.416 e. The van der Waals surface area contributed by atoms with Gasteiger partial charge in [0.05, 0.1) is 17.2 Å². The van der Waals surface area contributed by atoms with Crippen molar-refractivity contribution >= 4 is 23.0 Å². The van der Waals surface area contributed by atoms with Crippen molar-refractivity contribution in [2.75, 3.05) is 25.0 Å². The van der Waals surface area contributed by atoms with Crippen LogP contribution >= 0.6 is 12.2 Å². The Hall–Kier alpha value is -3.31. The minimum Gasteiger partial charge on any atom is -0.489 e. The van der Waals surface area contributed by atoms with Gasteiger partial charge in [0.1, 0.15) is 12.4 Å². The quantitative estimate of drug-likeness (QED) is 0.219. The molecule has 11 heteroatoms. The lowest BCUT2D eigenvalue weighted by molar-refractivity contribution is -0.143. The van der Waals surface area contributed by atoms with E-state index in [9.17, 15) is 26.3 Å². The molecule has 3 aromatic rings. The molecule has 1 aliphatic rings. The highest BCUT2D eigenvalue weighted by Crippen LogP contribution is 2.37. The molecule has 1 saturated heterocycles. The van der Waals surface area contributed by atoms with Crippen LogP contribution < -0.4 is 15.4 Å². The van der Waals surface area contributed by atoms with Crippen molar-refractivity contribution < 1.29 is 31.1 Å². The Balaban J connectivity index is 1.48. The number of thiocarbonyl (C=S) groups is 1. The van der Waals surface area contributed by atoms with Gasteiger partial charge in [-0.3, -0.25) is 0 Å². The maximum atomic E-state index is 13.3. The van der Waals surface area contributed by atoms with E-state index >= 15 is 0 Å². The van der Waals surface area contributed by atoms with Gasteiger partial charge in [-0.1, -0.05) is 42.5 Å². The Kier molecular flexibility index (Phi) is 9.01.